The average molecular weight is 511 g/mol. The molecule has 2 aromatic heterocycles. The Morgan fingerprint density at radius 3 is 2.68 bits per heavy atom. The van der Waals surface area contributed by atoms with Gasteiger partial charge in [-0.15, -0.1) is 0 Å². The number of aromatic nitrogens is 4. The summed E-state index contributed by atoms with van der Waals surface area (Å²) in [4.78, 5) is 31.6. The van der Waals surface area contributed by atoms with E-state index in [0.29, 0.717) is 53.9 Å². The SMILES string of the molecule is CCCNc1nccc(-c2[nH]c(C3OCC(C)(C(=O)N4CCC(O)C4)CO3)nc2-c2ccc(F)cc2)n1. The van der Waals surface area contributed by atoms with Gasteiger partial charge in [0.05, 0.1) is 41.8 Å². The van der Waals surface area contributed by atoms with Gasteiger partial charge in [0.2, 0.25) is 18.1 Å². The second-order valence-electron chi connectivity index (χ2n) is 9.75. The largest absolute Gasteiger partial charge is 0.391 e. The molecule has 196 valence electrons. The number of aliphatic hydroxyl groups excluding tert-OH is 1. The number of H-pyrrole nitrogens is 1. The van der Waals surface area contributed by atoms with Crippen molar-refractivity contribution in [2.45, 2.75) is 39.1 Å². The van der Waals surface area contributed by atoms with Crippen molar-refractivity contribution < 1.29 is 23.8 Å². The molecule has 37 heavy (non-hydrogen) atoms. The van der Waals surface area contributed by atoms with Gasteiger partial charge in [-0.05, 0) is 50.1 Å². The van der Waals surface area contributed by atoms with Crippen molar-refractivity contribution in [1.29, 1.82) is 0 Å². The molecule has 3 N–H and O–H groups in total. The number of imidazole rings is 1. The van der Waals surface area contributed by atoms with Gasteiger partial charge >= 0.3 is 0 Å². The number of likely N-dealkylation sites (tertiary alicyclic amines) is 1. The van der Waals surface area contributed by atoms with E-state index in [1.807, 2.05) is 0 Å². The minimum absolute atomic E-state index is 0.0947. The van der Waals surface area contributed by atoms with E-state index >= 15 is 0 Å². The molecule has 3 aromatic rings. The topological polar surface area (TPSA) is 125 Å². The molecular formula is C26H31FN6O4. The molecule has 1 unspecified atom stereocenters. The van der Waals surface area contributed by atoms with E-state index in [0.717, 1.165) is 13.0 Å². The number of amides is 1. The van der Waals surface area contributed by atoms with E-state index in [1.165, 1.54) is 12.1 Å². The Hall–Kier alpha value is -3.41. The maximum atomic E-state index is 13.6. The molecule has 0 saturated carbocycles. The molecule has 2 aliphatic rings. The third-order valence-electron chi connectivity index (χ3n) is 6.58. The zero-order valence-corrected chi connectivity index (χ0v) is 20.9. The lowest BCUT2D eigenvalue weighted by Gasteiger charge is -2.37. The van der Waals surface area contributed by atoms with Crippen LogP contribution in [0.5, 0.6) is 0 Å². The molecule has 0 aliphatic carbocycles. The number of carbonyl (C=O) groups is 1. The molecule has 4 heterocycles. The minimum Gasteiger partial charge on any atom is -0.391 e. The van der Waals surface area contributed by atoms with Crippen LogP contribution in [-0.4, -0.2) is 74.8 Å². The van der Waals surface area contributed by atoms with Crippen LogP contribution in [-0.2, 0) is 14.3 Å². The molecule has 1 atom stereocenters. The van der Waals surface area contributed by atoms with Crippen LogP contribution in [0, 0.1) is 11.2 Å². The number of nitrogens with one attached hydrogen (secondary N) is 2. The van der Waals surface area contributed by atoms with E-state index in [9.17, 15) is 14.3 Å². The number of carbonyl (C=O) groups excluding carboxylic acids is 1. The summed E-state index contributed by atoms with van der Waals surface area (Å²) in [7, 11) is 0. The van der Waals surface area contributed by atoms with Crippen molar-refractivity contribution in [3.05, 3.63) is 48.2 Å². The van der Waals surface area contributed by atoms with Gasteiger partial charge in [-0.25, -0.2) is 19.3 Å². The molecular weight excluding hydrogens is 479 g/mol. The Bertz CT molecular complexity index is 1240. The van der Waals surface area contributed by atoms with Crippen LogP contribution in [0.25, 0.3) is 22.6 Å². The van der Waals surface area contributed by atoms with Gasteiger partial charge in [0.15, 0.2) is 5.82 Å². The van der Waals surface area contributed by atoms with Crippen LogP contribution < -0.4 is 5.32 Å². The van der Waals surface area contributed by atoms with Crippen molar-refractivity contribution in [2.75, 3.05) is 38.2 Å². The van der Waals surface area contributed by atoms with E-state index in [2.05, 4.69) is 27.2 Å². The molecule has 1 amide bonds. The Morgan fingerprint density at radius 2 is 2.00 bits per heavy atom. The van der Waals surface area contributed by atoms with Crippen LogP contribution in [0.15, 0.2) is 36.5 Å². The number of β-amino-alcohol motifs (C(OH)–C–C–N with tert-alkyl or cyclic N) is 1. The maximum Gasteiger partial charge on any atom is 0.233 e. The predicted octanol–water partition coefficient (Wildman–Crippen LogP) is 3.14. The number of benzene rings is 1. The molecule has 2 fully saturated rings. The highest BCUT2D eigenvalue weighted by Gasteiger charge is 2.44. The number of halogens is 1. The highest BCUT2D eigenvalue weighted by Crippen LogP contribution is 2.36. The van der Waals surface area contributed by atoms with Crippen LogP contribution in [0.2, 0.25) is 0 Å². The first kappa shape index (κ1) is 25.2. The van der Waals surface area contributed by atoms with Crippen molar-refractivity contribution in [1.82, 2.24) is 24.8 Å². The van der Waals surface area contributed by atoms with Crippen LogP contribution in [0.3, 0.4) is 0 Å². The Balaban J connectivity index is 1.41. The summed E-state index contributed by atoms with van der Waals surface area (Å²) in [6.45, 7) is 5.73. The van der Waals surface area contributed by atoms with Crippen molar-refractivity contribution in [3.8, 4) is 22.6 Å². The zero-order chi connectivity index (χ0) is 26.0. The Morgan fingerprint density at radius 1 is 1.24 bits per heavy atom. The molecule has 10 nitrogen and oxygen atoms in total. The molecule has 1 aromatic carbocycles. The summed E-state index contributed by atoms with van der Waals surface area (Å²) in [5, 5.41) is 13.0. The molecule has 2 saturated heterocycles. The van der Waals surface area contributed by atoms with Gasteiger partial charge in [-0.3, -0.25) is 4.79 Å². The van der Waals surface area contributed by atoms with Gasteiger partial charge in [0.25, 0.3) is 0 Å². The fourth-order valence-electron chi connectivity index (χ4n) is 4.52. The lowest BCUT2D eigenvalue weighted by atomic mass is 9.90. The lowest BCUT2D eigenvalue weighted by Crippen LogP contribution is -2.49. The van der Waals surface area contributed by atoms with E-state index < -0.39 is 17.8 Å². The quantitative estimate of drug-likeness (QED) is 0.443. The first-order valence-corrected chi connectivity index (χ1v) is 12.5. The summed E-state index contributed by atoms with van der Waals surface area (Å²) in [6, 6.07) is 7.82. The standard InChI is InChI=1S/C26H31FN6O4/c1-3-10-28-25-29-11-8-19(30-25)21-20(16-4-6-17(27)7-5-16)31-22(32-21)23-36-14-26(2,15-37-23)24(35)33-12-9-18(34)13-33/h4-8,11,18,23,34H,3,9-10,12-15H2,1-2H3,(H,31,32)(H,28,29,30). The first-order chi connectivity index (χ1) is 17.9. The number of anilines is 1. The smallest absolute Gasteiger partial charge is 0.233 e. The Kier molecular flexibility index (Phi) is 7.18. The third kappa shape index (κ3) is 5.34. The fourth-order valence-corrected chi connectivity index (χ4v) is 4.52. The first-order valence-electron chi connectivity index (χ1n) is 12.5. The van der Waals surface area contributed by atoms with Crippen molar-refractivity contribution in [2.24, 2.45) is 5.41 Å². The van der Waals surface area contributed by atoms with Crippen molar-refractivity contribution >= 4 is 11.9 Å². The average Bonchev–Trinajstić information content (AvgIpc) is 3.55. The highest BCUT2D eigenvalue weighted by molar-refractivity contribution is 5.83. The normalized spacial score (nSPS) is 23.8. The number of hydrogen-bond donors (Lipinski definition) is 3. The van der Waals surface area contributed by atoms with E-state index in [1.54, 1.807) is 36.2 Å². The molecule has 0 radical (unpaired) electrons. The van der Waals surface area contributed by atoms with E-state index in [4.69, 9.17) is 14.5 Å². The molecule has 5 rings (SSSR count). The van der Waals surface area contributed by atoms with Crippen LogP contribution in [0.4, 0.5) is 10.3 Å². The third-order valence-corrected chi connectivity index (χ3v) is 6.58. The number of aromatic amines is 1. The zero-order valence-electron chi connectivity index (χ0n) is 20.9. The number of hydrogen-bond acceptors (Lipinski definition) is 8. The second kappa shape index (κ2) is 10.5. The lowest BCUT2D eigenvalue weighted by molar-refractivity contribution is -0.234. The summed E-state index contributed by atoms with van der Waals surface area (Å²) in [6.07, 6.45) is 1.86. The van der Waals surface area contributed by atoms with Gasteiger partial charge in [0.1, 0.15) is 5.82 Å². The monoisotopic (exact) mass is 510 g/mol. The summed E-state index contributed by atoms with van der Waals surface area (Å²) >= 11 is 0. The van der Waals surface area contributed by atoms with E-state index in [-0.39, 0.29) is 24.9 Å². The van der Waals surface area contributed by atoms with Crippen LogP contribution >= 0.6 is 0 Å². The molecule has 2 aliphatic heterocycles. The summed E-state index contributed by atoms with van der Waals surface area (Å²) in [5.74, 6) is 0.472. The van der Waals surface area contributed by atoms with Gasteiger partial charge < -0.3 is 29.8 Å². The minimum atomic E-state index is -0.859. The predicted molar refractivity (Wildman–Crippen MR) is 134 cm³/mol. The Labute approximate surface area is 214 Å². The fraction of sp³-hybridized carbons (Fsp3) is 0.462. The van der Waals surface area contributed by atoms with Gasteiger partial charge in [0, 0.05) is 31.4 Å². The second-order valence-corrected chi connectivity index (χ2v) is 9.75. The number of ether oxygens (including phenoxy) is 2. The van der Waals surface area contributed by atoms with Gasteiger partial charge in [-0.1, -0.05) is 6.92 Å². The maximum absolute atomic E-state index is 13.6. The summed E-state index contributed by atoms with van der Waals surface area (Å²) in [5.41, 5.74) is 1.63. The van der Waals surface area contributed by atoms with Crippen molar-refractivity contribution in [3.63, 3.8) is 0 Å². The highest BCUT2D eigenvalue weighted by atomic mass is 19.1. The molecule has 0 spiro atoms. The number of aliphatic hydroxyl groups is 1. The molecule has 0 bridgehead atoms. The number of nitrogens with zero attached hydrogens (tertiary/aromatic N) is 4. The molecule has 11 heteroatoms. The summed E-state index contributed by atoms with van der Waals surface area (Å²) < 4.78 is 25.6. The number of rotatable bonds is 7. The van der Waals surface area contributed by atoms with Gasteiger partial charge in [-0.2, -0.15) is 0 Å². The van der Waals surface area contributed by atoms with Crippen LogP contribution in [0.1, 0.15) is 38.8 Å².